The maximum absolute atomic E-state index is 3.76. The van der Waals surface area contributed by atoms with Gasteiger partial charge in [0.05, 0.1) is 0 Å². The zero-order valence-corrected chi connectivity index (χ0v) is 12.5. The summed E-state index contributed by atoms with van der Waals surface area (Å²) in [5.74, 6) is 0.969. The summed E-state index contributed by atoms with van der Waals surface area (Å²) in [6.07, 6.45) is 4.15. The molecule has 2 atom stereocenters. The zero-order valence-electron chi connectivity index (χ0n) is 12.5. The SMILES string of the molecule is CCCNC(CN1CCN(CC)C(C)C1)C1CC1. The maximum Gasteiger partial charge on any atom is 0.0223 e. The Morgan fingerprint density at radius 1 is 1.22 bits per heavy atom. The molecule has 1 aliphatic carbocycles. The molecule has 3 nitrogen and oxygen atoms in total. The Morgan fingerprint density at radius 3 is 2.56 bits per heavy atom. The van der Waals surface area contributed by atoms with Crippen molar-refractivity contribution in [1.29, 1.82) is 0 Å². The highest BCUT2D eigenvalue weighted by Gasteiger charge is 2.33. The van der Waals surface area contributed by atoms with Crippen LogP contribution in [0.3, 0.4) is 0 Å². The molecule has 2 unspecified atom stereocenters. The second-order valence-electron chi connectivity index (χ2n) is 6.14. The molecule has 0 bridgehead atoms. The molecule has 106 valence electrons. The van der Waals surface area contributed by atoms with E-state index in [2.05, 4.69) is 35.9 Å². The van der Waals surface area contributed by atoms with Gasteiger partial charge in [0.1, 0.15) is 0 Å². The topological polar surface area (TPSA) is 18.5 Å². The van der Waals surface area contributed by atoms with Crippen LogP contribution in [-0.4, -0.2) is 61.2 Å². The number of hydrogen-bond acceptors (Lipinski definition) is 3. The Morgan fingerprint density at radius 2 is 2.00 bits per heavy atom. The second kappa shape index (κ2) is 6.88. The molecule has 0 radical (unpaired) electrons. The van der Waals surface area contributed by atoms with E-state index in [-0.39, 0.29) is 0 Å². The monoisotopic (exact) mass is 253 g/mol. The molecular formula is C15H31N3. The van der Waals surface area contributed by atoms with Gasteiger partial charge in [-0.05, 0) is 45.2 Å². The normalized spacial score (nSPS) is 28.5. The van der Waals surface area contributed by atoms with Crippen LogP contribution >= 0.6 is 0 Å². The Bertz CT molecular complexity index is 240. The fraction of sp³-hybridized carbons (Fsp3) is 1.00. The standard InChI is InChI=1S/C15H31N3/c1-4-8-16-15(14-6-7-14)12-17-9-10-18(5-2)13(3)11-17/h13-16H,4-12H2,1-3H3. The minimum Gasteiger partial charge on any atom is -0.312 e. The first-order valence-electron chi connectivity index (χ1n) is 7.94. The van der Waals surface area contributed by atoms with Crippen LogP contribution in [0.4, 0.5) is 0 Å². The zero-order chi connectivity index (χ0) is 13.0. The third kappa shape index (κ3) is 3.94. The minimum absolute atomic E-state index is 0.731. The van der Waals surface area contributed by atoms with E-state index in [4.69, 9.17) is 0 Å². The van der Waals surface area contributed by atoms with Crippen LogP contribution in [0, 0.1) is 5.92 Å². The lowest BCUT2D eigenvalue weighted by Gasteiger charge is -2.40. The van der Waals surface area contributed by atoms with E-state index >= 15 is 0 Å². The highest BCUT2D eigenvalue weighted by Crippen LogP contribution is 2.33. The van der Waals surface area contributed by atoms with Crippen LogP contribution in [0.25, 0.3) is 0 Å². The van der Waals surface area contributed by atoms with Gasteiger partial charge in [-0.15, -0.1) is 0 Å². The highest BCUT2D eigenvalue weighted by molar-refractivity contribution is 4.90. The molecule has 2 fully saturated rings. The van der Waals surface area contributed by atoms with Crippen molar-refractivity contribution in [3.8, 4) is 0 Å². The van der Waals surface area contributed by atoms with Crippen molar-refractivity contribution in [2.24, 2.45) is 5.92 Å². The molecule has 0 amide bonds. The molecule has 1 aliphatic heterocycles. The molecule has 2 aliphatic rings. The summed E-state index contributed by atoms with van der Waals surface area (Å²) in [5, 5.41) is 3.76. The smallest absolute Gasteiger partial charge is 0.0223 e. The lowest BCUT2D eigenvalue weighted by Crippen LogP contribution is -2.54. The van der Waals surface area contributed by atoms with Gasteiger partial charge in [0.2, 0.25) is 0 Å². The van der Waals surface area contributed by atoms with Gasteiger partial charge in [0, 0.05) is 38.3 Å². The van der Waals surface area contributed by atoms with Crippen molar-refractivity contribution >= 4 is 0 Å². The van der Waals surface area contributed by atoms with Crippen LogP contribution < -0.4 is 5.32 Å². The lowest BCUT2D eigenvalue weighted by atomic mass is 10.1. The summed E-state index contributed by atoms with van der Waals surface area (Å²) in [4.78, 5) is 5.28. The van der Waals surface area contributed by atoms with Crippen molar-refractivity contribution in [3.63, 3.8) is 0 Å². The predicted molar refractivity (Wildman–Crippen MR) is 78.0 cm³/mol. The quantitative estimate of drug-likeness (QED) is 0.746. The van der Waals surface area contributed by atoms with E-state index in [0.29, 0.717) is 0 Å². The van der Waals surface area contributed by atoms with E-state index in [1.807, 2.05) is 0 Å². The van der Waals surface area contributed by atoms with Gasteiger partial charge in [0.25, 0.3) is 0 Å². The van der Waals surface area contributed by atoms with E-state index in [9.17, 15) is 0 Å². The van der Waals surface area contributed by atoms with Crippen molar-refractivity contribution < 1.29 is 0 Å². The van der Waals surface area contributed by atoms with Gasteiger partial charge in [-0.1, -0.05) is 13.8 Å². The molecule has 1 saturated carbocycles. The largest absolute Gasteiger partial charge is 0.312 e. The first-order valence-corrected chi connectivity index (χ1v) is 7.94. The summed E-state index contributed by atoms with van der Waals surface area (Å²) in [6, 6.07) is 1.49. The molecule has 0 aromatic heterocycles. The molecule has 1 heterocycles. The Labute approximate surface area is 113 Å². The van der Waals surface area contributed by atoms with Crippen LogP contribution in [0.2, 0.25) is 0 Å². The lowest BCUT2D eigenvalue weighted by molar-refractivity contribution is 0.0793. The van der Waals surface area contributed by atoms with E-state index < -0.39 is 0 Å². The van der Waals surface area contributed by atoms with Gasteiger partial charge in [-0.2, -0.15) is 0 Å². The third-order valence-corrected chi connectivity index (χ3v) is 4.56. The molecule has 0 aromatic rings. The number of piperazine rings is 1. The molecule has 0 aromatic carbocycles. The van der Waals surface area contributed by atoms with Gasteiger partial charge < -0.3 is 5.32 Å². The van der Waals surface area contributed by atoms with Crippen LogP contribution in [0.1, 0.15) is 40.0 Å². The van der Waals surface area contributed by atoms with Crippen molar-refractivity contribution in [1.82, 2.24) is 15.1 Å². The number of nitrogens with zero attached hydrogens (tertiary/aromatic N) is 2. The minimum atomic E-state index is 0.731. The number of nitrogens with one attached hydrogen (secondary N) is 1. The summed E-state index contributed by atoms with van der Waals surface area (Å²) >= 11 is 0. The summed E-state index contributed by atoms with van der Waals surface area (Å²) in [7, 11) is 0. The van der Waals surface area contributed by atoms with E-state index in [1.165, 1.54) is 58.5 Å². The molecule has 1 saturated heterocycles. The van der Waals surface area contributed by atoms with E-state index in [1.54, 1.807) is 0 Å². The van der Waals surface area contributed by atoms with Crippen LogP contribution in [-0.2, 0) is 0 Å². The van der Waals surface area contributed by atoms with Crippen LogP contribution in [0.15, 0.2) is 0 Å². The Kier molecular flexibility index (Phi) is 5.46. The van der Waals surface area contributed by atoms with Gasteiger partial charge in [0.15, 0.2) is 0 Å². The predicted octanol–water partition coefficient (Wildman–Crippen LogP) is 1.79. The molecular weight excluding hydrogens is 222 g/mol. The molecule has 18 heavy (non-hydrogen) atoms. The van der Waals surface area contributed by atoms with Crippen molar-refractivity contribution in [3.05, 3.63) is 0 Å². The number of likely N-dealkylation sites (N-methyl/N-ethyl adjacent to an activating group) is 1. The summed E-state index contributed by atoms with van der Waals surface area (Å²) in [5.41, 5.74) is 0. The third-order valence-electron chi connectivity index (χ3n) is 4.56. The average Bonchev–Trinajstić information content (AvgIpc) is 3.19. The van der Waals surface area contributed by atoms with Gasteiger partial charge >= 0.3 is 0 Å². The molecule has 1 N–H and O–H groups in total. The van der Waals surface area contributed by atoms with Crippen LogP contribution in [0.5, 0.6) is 0 Å². The molecule has 0 spiro atoms. The first-order chi connectivity index (χ1) is 8.74. The Hall–Kier alpha value is -0.120. The van der Waals surface area contributed by atoms with Crippen molar-refractivity contribution in [2.45, 2.75) is 52.1 Å². The Balaban J connectivity index is 1.77. The average molecular weight is 253 g/mol. The molecule has 3 heteroatoms. The number of rotatable bonds is 7. The second-order valence-corrected chi connectivity index (χ2v) is 6.14. The first kappa shape index (κ1) is 14.3. The highest BCUT2D eigenvalue weighted by atomic mass is 15.3. The van der Waals surface area contributed by atoms with Gasteiger partial charge in [-0.25, -0.2) is 0 Å². The van der Waals surface area contributed by atoms with Crippen molar-refractivity contribution in [2.75, 3.05) is 39.3 Å². The van der Waals surface area contributed by atoms with E-state index in [0.717, 1.165) is 18.0 Å². The maximum atomic E-state index is 3.76. The number of hydrogen-bond donors (Lipinski definition) is 1. The molecule has 2 rings (SSSR count). The van der Waals surface area contributed by atoms with Gasteiger partial charge in [-0.3, -0.25) is 9.80 Å². The summed E-state index contributed by atoms with van der Waals surface area (Å²) < 4.78 is 0. The summed E-state index contributed by atoms with van der Waals surface area (Å²) in [6.45, 7) is 14.3. The fourth-order valence-electron chi connectivity index (χ4n) is 3.19. The fourth-order valence-corrected chi connectivity index (χ4v) is 3.19.